The van der Waals surface area contributed by atoms with Crippen LogP contribution >= 0.6 is 11.8 Å². The fourth-order valence-corrected chi connectivity index (χ4v) is 3.69. The van der Waals surface area contributed by atoms with Crippen LogP contribution in [0.2, 0.25) is 0 Å². The third-order valence-electron chi connectivity index (χ3n) is 4.52. The second-order valence-electron chi connectivity index (χ2n) is 5.77. The first kappa shape index (κ1) is 14.3. The Bertz CT molecular complexity index is 745. The molecular formula is C18H16N2O2S. The van der Waals surface area contributed by atoms with E-state index >= 15 is 0 Å². The van der Waals surface area contributed by atoms with Crippen molar-refractivity contribution in [2.75, 3.05) is 11.2 Å². The maximum absolute atomic E-state index is 12.8. The van der Waals surface area contributed by atoms with E-state index in [4.69, 9.17) is 0 Å². The summed E-state index contributed by atoms with van der Waals surface area (Å²) in [5, 5.41) is 0. The second kappa shape index (κ2) is 5.42. The first-order valence-corrected chi connectivity index (χ1v) is 8.77. The Morgan fingerprint density at radius 2 is 1.70 bits per heavy atom. The molecule has 2 aliphatic rings. The molecule has 116 valence electrons. The van der Waals surface area contributed by atoms with Crippen molar-refractivity contribution in [2.24, 2.45) is 0 Å². The van der Waals surface area contributed by atoms with Gasteiger partial charge < -0.3 is 4.90 Å². The van der Waals surface area contributed by atoms with Gasteiger partial charge in [0.15, 0.2) is 0 Å². The molecule has 2 aromatic carbocycles. The lowest BCUT2D eigenvalue weighted by atomic mass is 9.95. The average Bonchev–Trinajstić information content (AvgIpc) is 2.84. The smallest absolute Gasteiger partial charge is 0.307 e. The average molecular weight is 324 g/mol. The number of imide groups is 1. The predicted octanol–water partition coefficient (Wildman–Crippen LogP) is 3.30. The van der Waals surface area contributed by atoms with E-state index in [-0.39, 0.29) is 18.0 Å². The van der Waals surface area contributed by atoms with Crippen LogP contribution in [-0.2, 0) is 17.8 Å². The van der Waals surface area contributed by atoms with Crippen LogP contribution < -0.4 is 4.90 Å². The molecule has 5 heteroatoms. The standard InChI is InChI=1S/C18H16N2O2S/c1-23-15-8-6-14(7-9-15)20-17(21)16-10-12-4-2-3-5-13(12)11-19(16)18(20)22/h2-9,16H,10-11H2,1H3/t16-/m1/s1. The Morgan fingerprint density at radius 3 is 2.39 bits per heavy atom. The van der Waals surface area contributed by atoms with Gasteiger partial charge in [-0.2, -0.15) is 0 Å². The highest BCUT2D eigenvalue weighted by Crippen LogP contribution is 2.33. The zero-order chi connectivity index (χ0) is 16.0. The molecule has 1 fully saturated rings. The van der Waals surface area contributed by atoms with Gasteiger partial charge in [0.2, 0.25) is 0 Å². The number of hydrogen-bond donors (Lipinski definition) is 0. The number of carbonyl (C=O) groups is 2. The molecule has 0 N–H and O–H groups in total. The normalized spacial score (nSPS) is 19.8. The number of amides is 3. The summed E-state index contributed by atoms with van der Waals surface area (Å²) in [6, 6.07) is 15.0. The summed E-state index contributed by atoms with van der Waals surface area (Å²) < 4.78 is 0. The monoisotopic (exact) mass is 324 g/mol. The molecule has 0 aromatic heterocycles. The van der Waals surface area contributed by atoms with E-state index in [1.165, 1.54) is 4.90 Å². The minimum absolute atomic E-state index is 0.124. The summed E-state index contributed by atoms with van der Waals surface area (Å²) in [5.41, 5.74) is 2.94. The molecule has 0 radical (unpaired) electrons. The highest BCUT2D eigenvalue weighted by Gasteiger charge is 2.47. The van der Waals surface area contributed by atoms with Crippen molar-refractivity contribution in [3.8, 4) is 0 Å². The van der Waals surface area contributed by atoms with E-state index in [1.54, 1.807) is 16.7 Å². The largest absolute Gasteiger partial charge is 0.332 e. The molecule has 1 atom stereocenters. The van der Waals surface area contributed by atoms with Crippen molar-refractivity contribution in [1.82, 2.24) is 4.90 Å². The van der Waals surface area contributed by atoms with Gasteiger partial charge in [-0.25, -0.2) is 9.69 Å². The third-order valence-corrected chi connectivity index (χ3v) is 5.27. The molecular weight excluding hydrogens is 308 g/mol. The third kappa shape index (κ3) is 2.23. The topological polar surface area (TPSA) is 40.6 Å². The van der Waals surface area contributed by atoms with Crippen LogP contribution in [0.5, 0.6) is 0 Å². The van der Waals surface area contributed by atoms with E-state index in [1.807, 2.05) is 54.8 Å². The lowest BCUT2D eigenvalue weighted by Crippen LogP contribution is -2.39. The SMILES string of the molecule is CSc1ccc(N2C(=O)[C@H]3Cc4ccccc4CN3C2=O)cc1. The van der Waals surface area contributed by atoms with Crippen LogP contribution in [0.15, 0.2) is 53.4 Å². The molecule has 3 amide bonds. The summed E-state index contributed by atoms with van der Waals surface area (Å²) in [6.07, 6.45) is 2.60. The molecule has 1 saturated heterocycles. The van der Waals surface area contributed by atoms with Crippen molar-refractivity contribution in [3.05, 3.63) is 59.7 Å². The van der Waals surface area contributed by atoms with Gasteiger partial charge in [0.05, 0.1) is 5.69 Å². The molecule has 4 nitrogen and oxygen atoms in total. The summed E-state index contributed by atoms with van der Waals surface area (Å²) in [6.45, 7) is 0.505. The number of carbonyl (C=O) groups excluding carboxylic acids is 2. The maximum atomic E-state index is 12.8. The number of nitrogens with zero attached hydrogens (tertiary/aromatic N) is 2. The van der Waals surface area contributed by atoms with Crippen molar-refractivity contribution >= 4 is 29.4 Å². The van der Waals surface area contributed by atoms with Gasteiger partial charge in [-0.3, -0.25) is 4.79 Å². The van der Waals surface area contributed by atoms with E-state index in [0.717, 1.165) is 16.0 Å². The fraction of sp³-hybridized carbons (Fsp3) is 0.222. The number of benzene rings is 2. The summed E-state index contributed by atoms with van der Waals surface area (Å²) in [7, 11) is 0. The quantitative estimate of drug-likeness (QED) is 0.629. The van der Waals surface area contributed by atoms with E-state index < -0.39 is 0 Å². The number of thioether (sulfide) groups is 1. The van der Waals surface area contributed by atoms with Crippen LogP contribution in [0.4, 0.5) is 10.5 Å². The molecule has 2 aromatic rings. The summed E-state index contributed by atoms with van der Waals surface area (Å²) in [4.78, 5) is 29.6. The lowest BCUT2D eigenvalue weighted by Gasteiger charge is -2.28. The molecule has 0 aliphatic carbocycles. The first-order valence-electron chi connectivity index (χ1n) is 7.54. The van der Waals surface area contributed by atoms with Crippen molar-refractivity contribution < 1.29 is 9.59 Å². The molecule has 2 heterocycles. The van der Waals surface area contributed by atoms with Crippen molar-refractivity contribution in [1.29, 1.82) is 0 Å². The van der Waals surface area contributed by atoms with E-state index in [9.17, 15) is 9.59 Å². The lowest BCUT2D eigenvalue weighted by molar-refractivity contribution is -0.119. The van der Waals surface area contributed by atoms with Gasteiger partial charge in [-0.1, -0.05) is 24.3 Å². The Hall–Kier alpha value is -2.27. The molecule has 0 bridgehead atoms. The summed E-state index contributed by atoms with van der Waals surface area (Å²) in [5.74, 6) is -0.124. The van der Waals surface area contributed by atoms with Crippen LogP contribution in [-0.4, -0.2) is 29.1 Å². The van der Waals surface area contributed by atoms with Crippen molar-refractivity contribution in [2.45, 2.75) is 23.9 Å². The van der Waals surface area contributed by atoms with E-state index in [2.05, 4.69) is 0 Å². The van der Waals surface area contributed by atoms with Gasteiger partial charge in [0.25, 0.3) is 5.91 Å². The van der Waals surface area contributed by atoms with Gasteiger partial charge in [0, 0.05) is 17.9 Å². The highest BCUT2D eigenvalue weighted by atomic mass is 32.2. The van der Waals surface area contributed by atoms with Crippen LogP contribution in [0.3, 0.4) is 0 Å². The molecule has 0 unspecified atom stereocenters. The van der Waals surface area contributed by atoms with Crippen LogP contribution in [0.25, 0.3) is 0 Å². The Morgan fingerprint density at radius 1 is 1.00 bits per heavy atom. The molecule has 0 spiro atoms. The zero-order valence-electron chi connectivity index (χ0n) is 12.7. The fourth-order valence-electron chi connectivity index (χ4n) is 3.29. The number of rotatable bonds is 2. The minimum Gasteiger partial charge on any atom is -0.307 e. The summed E-state index contributed by atoms with van der Waals surface area (Å²) >= 11 is 1.63. The number of urea groups is 1. The van der Waals surface area contributed by atoms with Crippen LogP contribution in [0, 0.1) is 0 Å². The molecule has 0 saturated carbocycles. The minimum atomic E-state index is -0.377. The van der Waals surface area contributed by atoms with Gasteiger partial charge in [-0.15, -0.1) is 11.8 Å². The number of fused-ring (bicyclic) bond motifs is 2. The first-order chi connectivity index (χ1) is 11.2. The van der Waals surface area contributed by atoms with Gasteiger partial charge >= 0.3 is 6.03 Å². The predicted molar refractivity (Wildman–Crippen MR) is 90.6 cm³/mol. The number of anilines is 1. The van der Waals surface area contributed by atoms with Gasteiger partial charge in [-0.05, 0) is 41.6 Å². The van der Waals surface area contributed by atoms with Gasteiger partial charge in [0.1, 0.15) is 6.04 Å². The second-order valence-corrected chi connectivity index (χ2v) is 6.65. The Labute approximate surface area is 139 Å². The van der Waals surface area contributed by atoms with Crippen molar-refractivity contribution in [3.63, 3.8) is 0 Å². The molecule has 2 aliphatic heterocycles. The number of hydrogen-bond acceptors (Lipinski definition) is 3. The van der Waals surface area contributed by atoms with Crippen LogP contribution in [0.1, 0.15) is 11.1 Å². The molecule has 4 rings (SSSR count). The Balaban J connectivity index is 1.68. The molecule has 23 heavy (non-hydrogen) atoms. The Kier molecular flexibility index (Phi) is 3.38. The highest BCUT2D eigenvalue weighted by molar-refractivity contribution is 7.98. The zero-order valence-corrected chi connectivity index (χ0v) is 13.5. The maximum Gasteiger partial charge on any atom is 0.332 e. The van der Waals surface area contributed by atoms with E-state index in [0.29, 0.717) is 18.7 Å².